The molecule has 28 heavy (non-hydrogen) atoms. The van der Waals surface area contributed by atoms with Crippen LogP contribution in [0.4, 0.5) is 0 Å². The number of aryl methyl sites for hydroxylation is 1. The molecule has 1 aliphatic rings. The Hall–Kier alpha value is -3.15. The van der Waals surface area contributed by atoms with Gasteiger partial charge >= 0.3 is 0 Å². The summed E-state index contributed by atoms with van der Waals surface area (Å²) in [6, 6.07) is 11.4. The van der Waals surface area contributed by atoms with Gasteiger partial charge in [0.25, 0.3) is 5.91 Å². The largest absolute Gasteiger partial charge is 0.490 e. The molecule has 0 unspecified atom stereocenters. The van der Waals surface area contributed by atoms with Gasteiger partial charge in [-0.05, 0) is 56.9 Å². The van der Waals surface area contributed by atoms with Crippen molar-refractivity contribution in [2.45, 2.75) is 44.8 Å². The number of hydrogen-bond donors (Lipinski definition) is 2. The van der Waals surface area contributed by atoms with Gasteiger partial charge in [-0.2, -0.15) is 0 Å². The average molecular weight is 377 g/mol. The van der Waals surface area contributed by atoms with Crippen molar-refractivity contribution in [3.8, 4) is 5.75 Å². The second-order valence-corrected chi connectivity index (χ2v) is 7.32. The van der Waals surface area contributed by atoms with Crippen molar-refractivity contribution >= 4 is 16.8 Å². The molecule has 0 aliphatic heterocycles. The van der Waals surface area contributed by atoms with E-state index in [9.17, 15) is 9.59 Å². The molecule has 2 heterocycles. The van der Waals surface area contributed by atoms with Crippen molar-refractivity contribution in [3.05, 3.63) is 70.3 Å². The molecule has 0 saturated heterocycles. The van der Waals surface area contributed by atoms with Crippen LogP contribution in [-0.2, 0) is 0 Å². The summed E-state index contributed by atoms with van der Waals surface area (Å²) < 4.78 is 6.14. The summed E-state index contributed by atoms with van der Waals surface area (Å²) in [5.74, 6) is 0.534. The number of aromatic nitrogens is 2. The number of carbonyl (C=O) groups excluding carboxylic acids is 1. The zero-order valence-corrected chi connectivity index (χ0v) is 15.8. The van der Waals surface area contributed by atoms with E-state index in [1.807, 2.05) is 30.3 Å². The number of benzene rings is 1. The molecule has 4 rings (SSSR count). The number of H-pyrrole nitrogens is 1. The highest BCUT2D eigenvalue weighted by Gasteiger charge is 2.24. The number of nitrogens with zero attached hydrogens (tertiary/aromatic N) is 1. The van der Waals surface area contributed by atoms with Crippen LogP contribution in [0, 0.1) is 6.92 Å². The summed E-state index contributed by atoms with van der Waals surface area (Å²) in [6.45, 7) is 1.79. The quantitative estimate of drug-likeness (QED) is 0.730. The zero-order valence-electron chi connectivity index (χ0n) is 15.8. The van der Waals surface area contributed by atoms with Crippen molar-refractivity contribution in [3.63, 3.8) is 0 Å². The number of ether oxygens (including phenoxy) is 1. The lowest BCUT2D eigenvalue weighted by atomic mass is 9.92. The van der Waals surface area contributed by atoms with Crippen LogP contribution in [0.1, 0.15) is 41.7 Å². The molecular formula is C22H23N3O3. The van der Waals surface area contributed by atoms with Gasteiger partial charge in [-0.25, -0.2) is 0 Å². The molecule has 0 atom stereocenters. The lowest BCUT2D eigenvalue weighted by molar-refractivity contribution is 0.0892. The number of nitrogens with one attached hydrogen (secondary N) is 2. The van der Waals surface area contributed by atoms with Crippen LogP contribution >= 0.6 is 0 Å². The Labute approximate surface area is 163 Å². The molecule has 0 spiro atoms. The lowest BCUT2D eigenvalue weighted by Gasteiger charge is -2.29. The van der Waals surface area contributed by atoms with Crippen LogP contribution in [0.5, 0.6) is 5.75 Å². The minimum atomic E-state index is -0.312. The minimum absolute atomic E-state index is 0.0638. The van der Waals surface area contributed by atoms with Gasteiger partial charge < -0.3 is 15.0 Å². The van der Waals surface area contributed by atoms with Gasteiger partial charge in [0.05, 0.1) is 11.6 Å². The number of amides is 1. The Bertz CT molecular complexity index is 1050. The molecule has 2 aromatic heterocycles. The SMILES string of the molecule is Cc1cc(=O)c(C(=O)NC2CCC(Oc3ccc4ncccc4c3)CC2)c[nH]1. The molecule has 3 aromatic rings. The van der Waals surface area contributed by atoms with Gasteiger partial charge in [-0.3, -0.25) is 14.6 Å². The highest BCUT2D eigenvalue weighted by atomic mass is 16.5. The second-order valence-electron chi connectivity index (χ2n) is 7.32. The third-order valence-electron chi connectivity index (χ3n) is 5.19. The maximum absolute atomic E-state index is 12.4. The van der Waals surface area contributed by atoms with E-state index in [-0.39, 0.29) is 29.0 Å². The maximum atomic E-state index is 12.4. The van der Waals surface area contributed by atoms with Crippen molar-refractivity contribution in [2.75, 3.05) is 0 Å². The molecule has 1 amide bonds. The highest BCUT2D eigenvalue weighted by Crippen LogP contribution is 2.26. The zero-order chi connectivity index (χ0) is 19.5. The molecule has 1 fully saturated rings. The molecule has 1 aliphatic carbocycles. The van der Waals surface area contributed by atoms with Crippen LogP contribution in [0.25, 0.3) is 10.9 Å². The molecule has 0 bridgehead atoms. The number of fused-ring (bicyclic) bond motifs is 1. The highest BCUT2D eigenvalue weighted by molar-refractivity contribution is 5.94. The van der Waals surface area contributed by atoms with Gasteiger partial charge in [0.2, 0.25) is 0 Å². The van der Waals surface area contributed by atoms with Gasteiger partial charge in [-0.15, -0.1) is 0 Å². The number of aromatic amines is 1. The Kier molecular flexibility index (Phi) is 5.10. The molecule has 144 valence electrons. The maximum Gasteiger partial charge on any atom is 0.256 e. The normalized spacial score (nSPS) is 19.3. The van der Waals surface area contributed by atoms with Gasteiger partial charge in [0.1, 0.15) is 11.3 Å². The summed E-state index contributed by atoms with van der Waals surface area (Å²) >= 11 is 0. The van der Waals surface area contributed by atoms with Crippen LogP contribution in [0.3, 0.4) is 0 Å². The summed E-state index contributed by atoms with van der Waals surface area (Å²) in [5.41, 5.74) is 1.60. The fraction of sp³-hybridized carbons (Fsp3) is 0.318. The Morgan fingerprint density at radius 2 is 2.00 bits per heavy atom. The van der Waals surface area contributed by atoms with Crippen molar-refractivity contribution in [1.29, 1.82) is 0 Å². The van der Waals surface area contributed by atoms with Crippen molar-refractivity contribution in [1.82, 2.24) is 15.3 Å². The van der Waals surface area contributed by atoms with E-state index < -0.39 is 0 Å². The minimum Gasteiger partial charge on any atom is -0.490 e. The number of hydrogen-bond acceptors (Lipinski definition) is 4. The summed E-state index contributed by atoms with van der Waals surface area (Å²) in [6.07, 6.45) is 6.77. The predicted octanol–water partition coefficient (Wildman–Crippen LogP) is 3.35. The average Bonchev–Trinajstić information content (AvgIpc) is 2.69. The molecule has 2 N–H and O–H groups in total. The van der Waals surface area contributed by atoms with Crippen LogP contribution in [0.2, 0.25) is 0 Å². The van der Waals surface area contributed by atoms with E-state index >= 15 is 0 Å². The molecule has 6 nitrogen and oxygen atoms in total. The topological polar surface area (TPSA) is 84.1 Å². The van der Waals surface area contributed by atoms with Crippen molar-refractivity contribution < 1.29 is 9.53 Å². The summed E-state index contributed by atoms with van der Waals surface area (Å²) in [7, 11) is 0. The first kappa shape index (κ1) is 18.2. The molecular weight excluding hydrogens is 354 g/mol. The smallest absolute Gasteiger partial charge is 0.256 e. The summed E-state index contributed by atoms with van der Waals surface area (Å²) in [5, 5.41) is 4.04. The first-order valence-electron chi connectivity index (χ1n) is 9.60. The standard InChI is InChI=1S/C22H23N3O3/c1-14-11-21(26)19(13-24-14)22(27)25-16-4-6-17(7-5-16)28-18-8-9-20-15(12-18)3-2-10-23-20/h2-3,8-13,16-17H,4-7H2,1H3,(H,24,26)(H,25,27). The third-order valence-corrected chi connectivity index (χ3v) is 5.19. The fourth-order valence-electron chi connectivity index (χ4n) is 3.66. The van der Waals surface area contributed by atoms with E-state index in [0.29, 0.717) is 0 Å². The van der Waals surface area contributed by atoms with Gasteiger partial charge in [-0.1, -0.05) is 6.07 Å². The van der Waals surface area contributed by atoms with E-state index in [0.717, 1.165) is 48.0 Å². The monoisotopic (exact) mass is 377 g/mol. The van der Waals surface area contributed by atoms with E-state index in [4.69, 9.17) is 4.74 Å². The second kappa shape index (κ2) is 7.84. The van der Waals surface area contributed by atoms with Crippen molar-refractivity contribution in [2.24, 2.45) is 0 Å². The number of carbonyl (C=O) groups is 1. The third kappa shape index (κ3) is 4.06. The lowest BCUT2D eigenvalue weighted by Crippen LogP contribution is -2.41. The first-order chi connectivity index (χ1) is 13.6. The first-order valence-corrected chi connectivity index (χ1v) is 9.60. The van der Waals surface area contributed by atoms with Gasteiger partial charge in [0.15, 0.2) is 5.43 Å². The Morgan fingerprint density at radius 3 is 2.79 bits per heavy atom. The molecule has 1 aromatic carbocycles. The van der Waals surface area contributed by atoms with Gasteiger partial charge in [0, 0.05) is 35.6 Å². The van der Waals surface area contributed by atoms with E-state index in [1.165, 1.54) is 12.3 Å². The van der Waals surface area contributed by atoms with E-state index in [2.05, 4.69) is 15.3 Å². The van der Waals surface area contributed by atoms with E-state index in [1.54, 1.807) is 13.1 Å². The predicted molar refractivity (Wildman–Crippen MR) is 108 cm³/mol. The Balaban J connectivity index is 1.32. The van der Waals surface area contributed by atoms with Crippen LogP contribution < -0.4 is 15.5 Å². The fourth-order valence-corrected chi connectivity index (χ4v) is 3.66. The molecule has 6 heteroatoms. The molecule has 0 radical (unpaired) electrons. The number of pyridine rings is 2. The number of rotatable bonds is 4. The van der Waals surface area contributed by atoms with Crippen LogP contribution in [-0.4, -0.2) is 28.0 Å². The van der Waals surface area contributed by atoms with Crippen LogP contribution in [0.15, 0.2) is 53.6 Å². The Morgan fingerprint density at radius 1 is 1.18 bits per heavy atom. The summed E-state index contributed by atoms with van der Waals surface area (Å²) in [4.78, 5) is 31.6. The molecule has 1 saturated carbocycles.